The minimum absolute atomic E-state index is 0.0189. The molecule has 42 heavy (non-hydrogen) atoms. The fourth-order valence-electron chi connectivity index (χ4n) is 8.16. The molecule has 0 saturated heterocycles. The first-order valence-electron chi connectivity index (χ1n) is 15.0. The van der Waals surface area contributed by atoms with Crippen LogP contribution in [0.5, 0.6) is 0 Å². The fourth-order valence-corrected chi connectivity index (χ4v) is 8.16. The van der Waals surface area contributed by atoms with Gasteiger partial charge in [0.05, 0.1) is 12.6 Å². The minimum Gasteiger partial charge on any atom is -0.449 e. The number of aryl methyl sites for hydroxylation is 1. The first kappa shape index (κ1) is 33.3. The maximum absolute atomic E-state index is 12.7. The van der Waals surface area contributed by atoms with E-state index < -0.39 is 17.7 Å². The number of urea groups is 1. The number of aromatic nitrogens is 2. The van der Waals surface area contributed by atoms with Crippen LogP contribution in [0.15, 0.2) is 9.79 Å². The van der Waals surface area contributed by atoms with E-state index in [4.69, 9.17) is 4.74 Å². The van der Waals surface area contributed by atoms with Crippen molar-refractivity contribution in [2.75, 3.05) is 25.0 Å². The van der Waals surface area contributed by atoms with Crippen LogP contribution in [0.2, 0.25) is 0 Å². The van der Waals surface area contributed by atoms with E-state index in [2.05, 4.69) is 79.4 Å². The zero-order valence-electron chi connectivity index (χ0n) is 26.7. The first-order chi connectivity index (χ1) is 19.4. The highest BCUT2D eigenvalue weighted by Gasteiger charge is 2.42. The van der Waals surface area contributed by atoms with Crippen molar-refractivity contribution in [3.63, 3.8) is 0 Å². The van der Waals surface area contributed by atoms with Gasteiger partial charge in [0.25, 0.3) is 5.56 Å². The van der Waals surface area contributed by atoms with Crippen LogP contribution in [0.1, 0.15) is 98.2 Å². The van der Waals surface area contributed by atoms with Crippen molar-refractivity contribution in [1.82, 2.24) is 20.6 Å². The molecule has 0 radical (unpaired) electrons. The molecule has 2 aliphatic carbocycles. The van der Waals surface area contributed by atoms with Gasteiger partial charge in [0.15, 0.2) is 0 Å². The van der Waals surface area contributed by atoms with Crippen molar-refractivity contribution in [2.45, 2.75) is 106 Å². The highest BCUT2D eigenvalue weighted by molar-refractivity contribution is 5.87. The third kappa shape index (κ3) is 9.68. The molecule has 4 atom stereocenters. The number of H-pyrrole nitrogens is 1. The lowest BCUT2D eigenvalue weighted by Crippen LogP contribution is -2.45. The Kier molecular flexibility index (Phi) is 10.3. The predicted molar refractivity (Wildman–Crippen MR) is 162 cm³/mol. The number of hydrogen-bond donors (Lipinski definition) is 4. The van der Waals surface area contributed by atoms with E-state index in [-0.39, 0.29) is 46.7 Å². The van der Waals surface area contributed by atoms with Crippen LogP contribution < -0.4 is 21.5 Å². The SMILES string of the molecule is Cc1[nH]c(NC(=O)NCC2(C)CC(N=C=O)CC(C)(C)C2)nc(=O)c1CCOC(=O)NCC1(C)CC(C)CC(C)(C)C1. The maximum atomic E-state index is 12.7. The van der Waals surface area contributed by atoms with E-state index >= 15 is 0 Å². The number of nitrogens with one attached hydrogen (secondary N) is 4. The Labute approximate surface area is 249 Å². The van der Waals surface area contributed by atoms with Crippen molar-refractivity contribution in [3.05, 3.63) is 21.6 Å². The summed E-state index contributed by atoms with van der Waals surface area (Å²) in [6, 6.07) is -0.615. The summed E-state index contributed by atoms with van der Waals surface area (Å²) in [5.41, 5.74) is 0.423. The van der Waals surface area contributed by atoms with Crippen molar-refractivity contribution >= 4 is 24.2 Å². The zero-order valence-corrected chi connectivity index (χ0v) is 26.7. The molecule has 0 bridgehead atoms. The number of hydrogen-bond acceptors (Lipinski definition) is 7. The number of alkyl carbamates (subject to hydrolysis) is 1. The van der Waals surface area contributed by atoms with Gasteiger partial charge < -0.3 is 20.4 Å². The summed E-state index contributed by atoms with van der Waals surface area (Å²) in [5, 5.41) is 8.38. The molecule has 3 amide bonds. The van der Waals surface area contributed by atoms with E-state index in [0.29, 0.717) is 36.7 Å². The maximum Gasteiger partial charge on any atom is 0.407 e. The molecule has 2 aliphatic rings. The van der Waals surface area contributed by atoms with Gasteiger partial charge in [-0.25, -0.2) is 19.4 Å². The van der Waals surface area contributed by atoms with Crippen molar-refractivity contribution in [2.24, 2.45) is 32.6 Å². The largest absolute Gasteiger partial charge is 0.449 e. The number of carbonyl (C=O) groups excluding carboxylic acids is 3. The van der Waals surface area contributed by atoms with E-state index in [1.54, 1.807) is 13.0 Å². The summed E-state index contributed by atoms with van der Waals surface area (Å²) >= 11 is 0. The summed E-state index contributed by atoms with van der Waals surface area (Å²) < 4.78 is 5.36. The van der Waals surface area contributed by atoms with Crippen molar-refractivity contribution in [3.8, 4) is 0 Å². The number of isocyanates is 1. The summed E-state index contributed by atoms with van der Waals surface area (Å²) in [7, 11) is 0. The average molecular weight is 587 g/mol. The molecule has 11 heteroatoms. The average Bonchev–Trinajstić information content (AvgIpc) is 2.81. The van der Waals surface area contributed by atoms with Gasteiger partial charge in [0, 0.05) is 30.8 Å². The topological polar surface area (TPSA) is 155 Å². The molecule has 3 rings (SSSR count). The lowest BCUT2D eigenvalue weighted by molar-refractivity contribution is 0.0582. The molecule has 1 aromatic rings. The number of rotatable bonds is 9. The van der Waals surface area contributed by atoms with Crippen LogP contribution in [-0.2, 0) is 16.0 Å². The smallest absolute Gasteiger partial charge is 0.407 e. The normalized spacial score (nSPS) is 28.2. The summed E-state index contributed by atoms with van der Waals surface area (Å²) in [5.74, 6) is 0.639. The number of anilines is 1. The molecule has 0 spiro atoms. The van der Waals surface area contributed by atoms with Crippen LogP contribution in [-0.4, -0.2) is 53.9 Å². The second-order valence-corrected chi connectivity index (χ2v) is 15.1. The Bertz CT molecular complexity index is 1250. The Morgan fingerprint density at radius 3 is 2.24 bits per heavy atom. The van der Waals surface area contributed by atoms with Gasteiger partial charge in [-0.2, -0.15) is 4.98 Å². The third-order valence-electron chi connectivity index (χ3n) is 8.69. The molecular weight excluding hydrogens is 536 g/mol. The molecule has 0 aromatic carbocycles. The third-order valence-corrected chi connectivity index (χ3v) is 8.69. The van der Waals surface area contributed by atoms with Gasteiger partial charge in [-0.1, -0.05) is 48.5 Å². The highest BCUT2D eigenvalue weighted by atomic mass is 16.5. The van der Waals surface area contributed by atoms with Crippen LogP contribution in [0.25, 0.3) is 0 Å². The van der Waals surface area contributed by atoms with Crippen LogP contribution in [0.4, 0.5) is 15.5 Å². The standard InChI is InChI=1S/C31H50N6O5/c1-20-11-28(3,4)15-30(7,12-20)18-33-27(41)42-10-9-23-21(2)35-25(36-24(23)39)37-26(40)32-17-31(8)14-22(34-19-38)13-29(5,6)16-31/h20,22H,9-18H2,1-8H3,(H,33,41)(H3,32,35,36,37,39,40). The molecule has 2 fully saturated rings. The molecule has 4 N–H and O–H groups in total. The van der Waals surface area contributed by atoms with E-state index in [1.807, 2.05) is 0 Å². The number of aromatic amines is 1. The highest BCUT2D eigenvalue weighted by Crippen LogP contribution is 2.48. The molecule has 11 nitrogen and oxygen atoms in total. The predicted octanol–water partition coefficient (Wildman–Crippen LogP) is 5.24. The lowest BCUT2D eigenvalue weighted by atomic mass is 9.61. The molecular formula is C31H50N6O5. The van der Waals surface area contributed by atoms with Crippen LogP contribution >= 0.6 is 0 Å². The van der Waals surface area contributed by atoms with E-state index in [0.717, 1.165) is 25.7 Å². The van der Waals surface area contributed by atoms with Crippen molar-refractivity contribution in [1.29, 1.82) is 0 Å². The quantitative estimate of drug-likeness (QED) is 0.229. The number of nitrogens with zero attached hydrogens (tertiary/aromatic N) is 2. The van der Waals surface area contributed by atoms with Gasteiger partial charge >= 0.3 is 12.1 Å². The zero-order chi connectivity index (χ0) is 31.3. The summed E-state index contributed by atoms with van der Waals surface area (Å²) in [6.07, 6.45) is 7.00. The lowest BCUT2D eigenvalue weighted by Gasteiger charge is -2.45. The summed E-state index contributed by atoms with van der Waals surface area (Å²) in [6.45, 7) is 18.0. The second-order valence-electron chi connectivity index (χ2n) is 15.1. The van der Waals surface area contributed by atoms with Gasteiger partial charge in [-0.3, -0.25) is 10.1 Å². The second kappa shape index (κ2) is 13.0. The van der Waals surface area contributed by atoms with Gasteiger partial charge in [0.2, 0.25) is 12.0 Å². The monoisotopic (exact) mass is 586 g/mol. The number of carbonyl (C=O) groups is 2. The molecule has 1 aromatic heterocycles. The Hall–Kier alpha value is -3.20. The Morgan fingerprint density at radius 2 is 1.62 bits per heavy atom. The Balaban J connectivity index is 1.48. The number of aliphatic imine (C=N–C) groups is 1. The van der Waals surface area contributed by atoms with Crippen LogP contribution in [0.3, 0.4) is 0 Å². The molecule has 2 saturated carbocycles. The van der Waals surface area contributed by atoms with Crippen LogP contribution in [0, 0.1) is 34.5 Å². The fraction of sp³-hybridized carbons (Fsp3) is 0.774. The van der Waals surface area contributed by atoms with E-state index in [1.165, 1.54) is 6.42 Å². The Morgan fingerprint density at radius 1 is 1.00 bits per heavy atom. The molecule has 234 valence electrons. The van der Waals surface area contributed by atoms with Gasteiger partial charge in [-0.05, 0) is 73.0 Å². The van der Waals surface area contributed by atoms with Crippen molar-refractivity contribution < 1.29 is 19.1 Å². The number of amides is 3. The minimum atomic E-state index is -0.497. The van der Waals surface area contributed by atoms with Gasteiger partial charge in [-0.15, -0.1) is 0 Å². The summed E-state index contributed by atoms with van der Waals surface area (Å²) in [4.78, 5) is 59.4. The molecule has 0 aliphatic heterocycles. The molecule has 4 unspecified atom stereocenters. The number of ether oxygens (including phenoxy) is 1. The molecule has 1 heterocycles. The first-order valence-corrected chi connectivity index (χ1v) is 15.0. The van der Waals surface area contributed by atoms with E-state index in [9.17, 15) is 19.2 Å². The van der Waals surface area contributed by atoms with Gasteiger partial charge in [0.1, 0.15) is 0 Å².